The molecule has 1 unspecified atom stereocenters. The zero-order chi connectivity index (χ0) is 15.5. The number of halogens is 1. The molecule has 0 N–H and O–H groups in total. The minimum absolute atomic E-state index is 0.352. The van der Waals surface area contributed by atoms with E-state index in [-0.39, 0.29) is 0 Å². The van der Waals surface area contributed by atoms with Gasteiger partial charge < -0.3 is 0 Å². The molecule has 1 fully saturated rings. The predicted molar refractivity (Wildman–Crippen MR) is 87.7 cm³/mol. The molecule has 5 nitrogen and oxygen atoms in total. The molecule has 0 radical (unpaired) electrons. The molecule has 3 rings (SSSR count). The summed E-state index contributed by atoms with van der Waals surface area (Å²) in [6, 6.07) is 8.49. The SMILES string of the molecule is CC(c1ccccc1Cl)N1CCN(Cc2ncnn2C)CC1. The molecule has 1 aromatic carbocycles. The first-order valence-corrected chi connectivity index (χ1v) is 8.06. The van der Waals surface area contributed by atoms with E-state index in [1.165, 1.54) is 5.56 Å². The van der Waals surface area contributed by atoms with Gasteiger partial charge in [-0.1, -0.05) is 29.8 Å². The Morgan fingerprint density at radius 2 is 1.91 bits per heavy atom. The third-order valence-electron chi connectivity index (χ3n) is 4.48. The summed E-state index contributed by atoms with van der Waals surface area (Å²) in [6.45, 7) is 7.28. The summed E-state index contributed by atoms with van der Waals surface area (Å²) >= 11 is 6.32. The van der Waals surface area contributed by atoms with Crippen LogP contribution in [-0.4, -0.2) is 50.7 Å². The van der Waals surface area contributed by atoms with Crippen LogP contribution in [0.3, 0.4) is 0 Å². The van der Waals surface area contributed by atoms with Crippen LogP contribution in [0.2, 0.25) is 5.02 Å². The maximum atomic E-state index is 6.32. The van der Waals surface area contributed by atoms with E-state index in [1.807, 2.05) is 23.9 Å². The van der Waals surface area contributed by atoms with E-state index in [9.17, 15) is 0 Å². The van der Waals surface area contributed by atoms with Crippen molar-refractivity contribution in [3.05, 3.63) is 47.0 Å². The number of hydrogen-bond donors (Lipinski definition) is 0. The van der Waals surface area contributed by atoms with E-state index in [4.69, 9.17) is 11.6 Å². The van der Waals surface area contributed by atoms with Gasteiger partial charge in [-0.2, -0.15) is 5.10 Å². The molecule has 0 spiro atoms. The summed E-state index contributed by atoms with van der Waals surface area (Å²) in [5, 5.41) is 4.99. The number of piperazine rings is 1. The molecule has 0 aliphatic carbocycles. The zero-order valence-corrected chi connectivity index (χ0v) is 13.9. The highest BCUT2D eigenvalue weighted by molar-refractivity contribution is 6.31. The molecule has 2 heterocycles. The van der Waals surface area contributed by atoms with Crippen LogP contribution >= 0.6 is 11.6 Å². The molecule has 118 valence electrons. The lowest BCUT2D eigenvalue weighted by molar-refractivity contribution is 0.0955. The third kappa shape index (κ3) is 3.32. The van der Waals surface area contributed by atoms with Gasteiger partial charge in [0.2, 0.25) is 0 Å². The van der Waals surface area contributed by atoms with Crippen molar-refractivity contribution in [2.75, 3.05) is 26.2 Å². The Morgan fingerprint density at radius 1 is 1.18 bits per heavy atom. The van der Waals surface area contributed by atoms with E-state index in [0.717, 1.165) is 43.6 Å². The van der Waals surface area contributed by atoms with E-state index >= 15 is 0 Å². The van der Waals surface area contributed by atoms with Crippen molar-refractivity contribution in [2.24, 2.45) is 7.05 Å². The average molecular weight is 320 g/mol. The second-order valence-electron chi connectivity index (χ2n) is 5.81. The zero-order valence-electron chi connectivity index (χ0n) is 13.1. The normalized spacial score (nSPS) is 18.5. The van der Waals surface area contributed by atoms with Crippen molar-refractivity contribution < 1.29 is 0 Å². The van der Waals surface area contributed by atoms with Crippen LogP contribution in [0.15, 0.2) is 30.6 Å². The van der Waals surface area contributed by atoms with Crippen molar-refractivity contribution in [1.82, 2.24) is 24.6 Å². The molecule has 0 saturated carbocycles. The molecular weight excluding hydrogens is 298 g/mol. The molecule has 22 heavy (non-hydrogen) atoms. The van der Waals surface area contributed by atoms with Crippen LogP contribution in [0, 0.1) is 0 Å². The fourth-order valence-electron chi connectivity index (χ4n) is 2.98. The van der Waals surface area contributed by atoms with Crippen LogP contribution in [-0.2, 0) is 13.6 Å². The number of benzene rings is 1. The number of hydrogen-bond acceptors (Lipinski definition) is 4. The quantitative estimate of drug-likeness (QED) is 0.867. The Labute approximate surface area is 136 Å². The Bertz CT molecular complexity index is 619. The molecule has 1 aliphatic rings. The maximum absolute atomic E-state index is 6.32. The standard InChI is InChI=1S/C16H22ClN5/c1-13(14-5-3-4-6-15(14)17)22-9-7-21(8-10-22)11-16-18-12-19-20(16)2/h3-6,12-13H,7-11H2,1-2H3. The Morgan fingerprint density at radius 3 is 2.55 bits per heavy atom. The smallest absolute Gasteiger partial charge is 0.140 e. The number of rotatable bonds is 4. The fourth-order valence-corrected chi connectivity index (χ4v) is 3.28. The van der Waals surface area contributed by atoms with Crippen molar-refractivity contribution in [3.63, 3.8) is 0 Å². The summed E-state index contributed by atoms with van der Waals surface area (Å²) in [4.78, 5) is 9.23. The average Bonchev–Trinajstić information content (AvgIpc) is 2.93. The predicted octanol–water partition coefficient (Wildman–Crippen LogP) is 2.35. The van der Waals surface area contributed by atoms with E-state index in [1.54, 1.807) is 6.33 Å². The van der Waals surface area contributed by atoms with Crippen molar-refractivity contribution in [2.45, 2.75) is 19.5 Å². The van der Waals surface area contributed by atoms with Crippen LogP contribution in [0.1, 0.15) is 24.4 Å². The van der Waals surface area contributed by atoms with Gasteiger partial charge in [0, 0.05) is 44.3 Å². The van der Waals surface area contributed by atoms with Crippen molar-refractivity contribution in [3.8, 4) is 0 Å². The summed E-state index contributed by atoms with van der Waals surface area (Å²) in [5.41, 5.74) is 1.21. The summed E-state index contributed by atoms with van der Waals surface area (Å²) < 4.78 is 1.85. The molecular formula is C16H22ClN5. The second kappa shape index (κ2) is 6.77. The summed E-state index contributed by atoms with van der Waals surface area (Å²) in [5.74, 6) is 1.02. The Kier molecular flexibility index (Phi) is 4.76. The minimum atomic E-state index is 0.352. The van der Waals surface area contributed by atoms with Gasteiger partial charge in [-0.3, -0.25) is 14.5 Å². The molecule has 6 heteroatoms. The van der Waals surface area contributed by atoms with Gasteiger partial charge in [0.15, 0.2) is 0 Å². The molecule has 1 saturated heterocycles. The maximum Gasteiger partial charge on any atom is 0.140 e. The van der Waals surface area contributed by atoms with Crippen LogP contribution in [0.25, 0.3) is 0 Å². The van der Waals surface area contributed by atoms with Crippen LogP contribution in [0.4, 0.5) is 0 Å². The number of aryl methyl sites for hydroxylation is 1. The van der Waals surface area contributed by atoms with Gasteiger partial charge in [0.25, 0.3) is 0 Å². The first kappa shape index (κ1) is 15.5. The van der Waals surface area contributed by atoms with Crippen LogP contribution in [0.5, 0.6) is 0 Å². The van der Waals surface area contributed by atoms with Gasteiger partial charge in [0.05, 0.1) is 6.54 Å². The van der Waals surface area contributed by atoms with Gasteiger partial charge in [0.1, 0.15) is 12.2 Å². The van der Waals surface area contributed by atoms with Gasteiger partial charge in [-0.05, 0) is 18.6 Å². The lowest BCUT2D eigenvalue weighted by atomic mass is 10.1. The van der Waals surface area contributed by atoms with E-state index in [0.29, 0.717) is 6.04 Å². The Balaban J connectivity index is 1.57. The molecule has 0 amide bonds. The van der Waals surface area contributed by atoms with Crippen molar-refractivity contribution >= 4 is 11.6 Å². The fraction of sp³-hybridized carbons (Fsp3) is 0.500. The number of aromatic nitrogens is 3. The highest BCUT2D eigenvalue weighted by Crippen LogP contribution is 2.27. The van der Waals surface area contributed by atoms with Gasteiger partial charge in [-0.25, -0.2) is 4.98 Å². The summed E-state index contributed by atoms with van der Waals surface area (Å²) in [6.07, 6.45) is 1.62. The second-order valence-corrected chi connectivity index (χ2v) is 6.22. The monoisotopic (exact) mass is 319 g/mol. The molecule has 2 aromatic rings. The van der Waals surface area contributed by atoms with E-state index < -0.39 is 0 Å². The lowest BCUT2D eigenvalue weighted by Crippen LogP contribution is -2.46. The largest absolute Gasteiger partial charge is 0.294 e. The number of nitrogens with zero attached hydrogens (tertiary/aromatic N) is 5. The third-order valence-corrected chi connectivity index (χ3v) is 4.82. The van der Waals surface area contributed by atoms with Gasteiger partial charge >= 0.3 is 0 Å². The molecule has 1 aromatic heterocycles. The van der Waals surface area contributed by atoms with Gasteiger partial charge in [-0.15, -0.1) is 0 Å². The first-order chi connectivity index (χ1) is 10.6. The Hall–Kier alpha value is -1.43. The highest BCUT2D eigenvalue weighted by atomic mass is 35.5. The molecule has 1 aliphatic heterocycles. The van der Waals surface area contributed by atoms with E-state index in [2.05, 4.69) is 38.9 Å². The summed E-state index contributed by atoms with van der Waals surface area (Å²) in [7, 11) is 1.94. The molecule has 0 bridgehead atoms. The van der Waals surface area contributed by atoms with Crippen LogP contribution < -0.4 is 0 Å². The van der Waals surface area contributed by atoms with Crippen molar-refractivity contribution in [1.29, 1.82) is 0 Å². The lowest BCUT2D eigenvalue weighted by Gasteiger charge is -2.38. The molecule has 1 atom stereocenters. The minimum Gasteiger partial charge on any atom is -0.294 e. The topological polar surface area (TPSA) is 37.2 Å². The highest BCUT2D eigenvalue weighted by Gasteiger charge is 2.23. The first-order valence-electron chi connectivity index (χ1n) is 7.69.